The molecular formula is C14H18O3. The Kier molecular flexibility index (Phi) is 3.79. The van der Waals surface area contributed by atoms with Crippen LogP contribution in [0.4, 0.5) is 0 Å². The number of benzene rings is 1. The molecule has 0 unspecified atom stereocenters. The number of ether oxygens (including phenoxy) is 2. The van der Waals surface area contributed by atoms with E-state index in [2.05, 4.69) is 6.92 Å². The van der Waals surface area contributed by atoms with E-state index in [1.807, 2.05) is 24.3 Å². The molecule has 0 bridgehead atoms. The lowest BCUT2D eigenvalue weighted by Crippen LogP contribution is -2.06. The summed E-state index contributed by atoms with van der Waals surface area (Å²) in [6, 6.07) is 7.70. The predicted octanol–water partition coefficient (Wildman–Crippen LogP) is 2.89. The molecule has 1 aromatic carbocycles. The van der Waals surface area contributed by atoms with Crippen molar-refractivity contribution in [3.05, 3.63) is 29.8 Å². The lowest BCUT2D eigenvalue weighted by Gasteiger charge is -2.00. The Morgan fingerprint density at radius 1 is 1.35 bits per heavy atom. The van der Waals surface area contributed by atoms with Crippen molar-refractivity contribution in [3.8, 4) is 5.75 Å². The summed E-state index contributed by atoms with van der Waals surface area (Å²) in [6.45, 7) is 2.09. The highest BCUT2D eigenvalue weighted by Gasteiger charge is 2.44. The van der Waals surface area contributed by atoms with E-state index in [4.69, 9.17) is 9.47 Å². The van der Waals surface area contributed by atoms with E-state index in [0.717, 1.165) is 24.2 Å². The molecule has 1 aliphatic rings. The SMILES string of the molecule is CCCCC(=O)[C@@H]1O[C@H]1c1ccc(OC)cc1. The van der Waals surface area contributed by atoms with Gasteiger partial charge in [-0.3, -0.25) is 4.79 Å². The average molecular weight is 234 g/mol. The van der Waals surface area contributed by atoms with Crippen LogP contribution in [0.5, 0.6) is 5.75 Å². The summed E-state index contributed by atoms with van der Waals surface area (Å²) in [6.07, 6.45) is 2.38. The van der Waals surface area contributed by atoms with Crippen molar-refractivity contribution in [3.63, 3.8) is 0 Å². The van der Waals surface area contributed by atoms with Crippen molar-refractivity contribution >= 4 is 5.78 Å². The van der Waals surface area contributed by atoms with Gasteiger partial charge in [-0.15, -0.1) is 0 Å². The fraction of sp³-hybridized carbons (Fsp3) is 0.500. The van der Waals surface area contributed by atoms with Crippen molar-refractivity contribution in [1.82, 2.24) is 0 Å². The Hall–Kier alpha value is -1.35. The topological polar surface area (TPSA) is 38.8 Å². The summed E-state index contributed by atoms with van der Waals surface area (Å²) in [5.41, 5.74) is 1.06. The quantitative estimate of drug-likeness (QED) is 0.710. The number of hydrogen-bond acceptors (Lipinski definition) is 3. The third kappa shape index (κ3) is 2.86. The van der Waals surface area contributed by atoms with E-state index in [1.54, 1.807) is 7.11 Å². The molecule has 0 N–H and O–H groups in total. The minimum atomic E-state index is -0.213. The fourth-order valence-electron chi connectivity index (χ4n) is 1.90. The Labute approximate surface area is 102 Å². The summed E-state index contributed by atoms with van der Waals surface area (Å²) in [4.78, 5) is 11.7. The van der Waals surface area contributed by atoms with Crippen LogP contribution in [0.25, 0.3) is 0 Å². The molecule has 17 heavy (non-hydrogen) atoms. The van der Waals surface area contributed by atoms with E-state index < -0.39 is 0 Å². The number of unbranched alkanes of at least 4 members (excludes halogenated alkanes) is 1. The first-order valence-corrected chi connectivity index (χ1v) is 6.08. The van der Waals surface area contributed by atoms with Gasteiger partial charge in [-0.25, -0.2) is 0 Å². The Bertz CT molecular complexity index is 383. The van der Waals surface area contributed by atoms with Gasteiger partial charge < -0.3 is 9.47 Å². The highest BCUT2D eigenvalue weighted by atomic mass is 16.6. The second-order valence-electron chi connectivity index (χ2n) is 4.32. The first kappa shape index (κ1) is 12.1. The monoisotopic (exact) mass is 234 g/mol. The van der Waals surface area contributed by atoms with Crippen molar-refractivity contribution < 1.29 is 14.3 Å². The third-order valence-electron chi connectivity index (χ3n) is 3.03. The van der Waals surface area contributed by atoms with E-state index >= 15 is 0 Å². The van der Waals surface area contributed by atoms with Gasteiger partial charge in [0.2, 0.25) is 0 Å². The molecule has 0 radical (unpaired) electrons. The molecule has 1 aliphatic heterocycles. The molecule has 0 aromatic heterocycles. The fourth-order valence-corrected chi connectivity index (χ4v) is 1.90. The van der Waals surface area contributed by atoms with Gasteiger partial charge in [-0.2, -0.15) is 0 Å². The maximum atomic E-state index is 11.7. The van der Waals surface area contributed by atoms with Gasteiger partial charge in [0.05, 0.1) is 7.11 Å². The van der Waals surface area contributed by atoms with Crippen LogP contribution in [0.1, 0.15) is 37.9 Å². The average Bonchev–Trinajstić information content (AvgIpc) is 3.16. The van der Waals surface area contributed by atoms with Gasteiger partial charge in [0, 0.05) is 6.42 Å². The van der Waals surface area contributed by atoms with Crippen molar-refractivity contribution in [2.45, 2.75) is 38.4 Å². The maximum Gasteiger partial charge on any atom is 0.164 e. The molecule has 0 aliphatic carbocycles. The van der Waals surface area contributed by atoms with Gasteiger partial charge in [0.15, 0.2) is 5.78 Å². The number of ketones is 1. The number of methoxy groups -OCH3 is 1. The van der Waals surface area contributed by atoms with E-state index in [9.17, 15) is 4.79 Å². The zero-order valence-electron chi connectivity index (χ0n) is 10.3. The van der Waals surface area contributed by atoms with Crippen LogP contribution < -0.4 is 4.74 Å². The second kappa shape index (κ2) is 5.32. The number of rotatable bonds is 6. The molecule has 2 atom stereocenters. The summed E-state index contributed by atoms with van der Waals surface area (Å²) >= 11 is 0. The van der Waals surface area contributed by atoms with Crippen LogP contribution in [0.2, 0.25) is 0 Å². The van der Waals surface area contributed by atoms with Gasteiger partial charge in [0.25, 0.3) is 0 Å². The molecule has 3 heteroatoms. The normalized spacial score (nSPS) is 22.2. The van der Waals surface area contributed by atoms with Crippen molar-refractivity contribution in [2.24, 2.45) is 0 Å². The zero-order chi connectivity index (χ0) is 12.3. The Morgan fingerprint density at radius 3 is 2.65 bits per heavy atom. The molecule has 1 aromatic rings. The molecule has 0 saturated carbocycles. The van der Waals surface area contributed by atoms with Crippen LogP contribution in [-0.4, -0.2) is 19.0 Å². The number of carbonyl (C=O) groups excluding carboxylic acids is 1. The Balaban J connectivity index is 1.90. The number of hydrogen-bond donors (Lipinski definition) is 0. The Morgan fingerprint density at radius 2 is 2.06 bits per heavy atom. The van der Waals surface area contributed by atoms with Gasteiger partial charge in [-0.05, 0) is 24.1 Å². The molecule has 1 heterocycles. The highest BCUT2D eigenvalue weighted by Crippen LogP contribution is 2.40. The molecule has 0 amide bonds. The number of Topliss-reactive ketones (excluding diaryl/α,β-unsaturated/α-hetero) is 1. The first-order valence-electron chi connectivity index (χ1n) is 6.08. The first-order chi connectivity index (χ1) is 8.26. The molecular weight excluding hydrogens is 216 g/mol. The molecule has 1 fully saturated rings. The van der Waals surface area contributed by atoms with Crippen LogP contribution >= 0.6 is 0 Å². The summed E-state index contributed by atoms with van der Waals surface area (Å²) in [7, 11) is 1.64. The largest absolute Gasteiger partial charge is 0.497 e. The molecule has 92 valence electrons. The van der Waals surface area contributed by atoms with Gasteiger partial charge in [0.1, 0.15) is 18.0 Å². The zero-order valence-corrected chi connectivity index (χ0v) is 10.3. The third-order valence-corrected chi connectivity index (χ3v) is 3.03. The maximum absolute atomic E-state index is 11.7. The predicted molar refractivity (Wildman–Crippen MR) is 65.1 cm³/mol. The van der Waals surface area contributed by atoms with Crippen LogP contribution in [0.15, 0.2) is 24.3 Å². The number of epoxide rings is 1. The van der Waals surface area contributed by atoms with Crippen LogP contribution in [0.3, 0.4) is 0 Å². The van der Waals surface area contributed by atoms with Crippen molar-refractivity contribution in [2.75, 3.05) is 7.11 Å². The second-order valence-corrected chi connectivity index (χ2v) is 4.32. The standard InChI is InChI=1S/C14H18O3/c1-3-4-5-12(15)14-13(17-14)10-6-8-11(16-2)9-7-10/h6-9,13-14H,3-5H2,1-2H3/t13-,14-/m0/s1. The molecule has 1 saturated heterocycles. The van der Waals surface area contributed by atoms with E-state index in [-0.39, 0.29) is 18.0 Å². The van der Waals surface area contributed by atoms with Crippen molar-refractivity contribution in [1.29, 1.82) is 0 Å². The lowest BCUT2D eigenvalue weighted by atomic mass is 10.0. The summed E-state index contributed by atoms with van der Waals surface area (Å²) in [5, 5.41) is 0. The smallest absolute Gasteiger partial charge is 0.164 e. The van der Waals surface area contributed by atoms with Crippen LogP contribution in [0, 0.1) is 0 Å². The van der Waals surface area contributed by atoms with E-state index in [0.29, 0.717) is 6.42 Å². The minimum absolute atomic E-state index is 0.0368. The molecule has 3 nitrogen and oxygen atoms in total. The minimum Gasteiger partial charge on any atom is -0.497 e. The lowest BCUT2D eigenvalue weighted by molar-refractivity contribution is -0.120. The van der Waals surface area contributed by atoms with E-state index in [1.165, 1.54) is 0 Å². The van der Waals surface area contributed by atoms with Gasteiger partial charge >= 0.3 is 0 Å². The van der Waals surface area contributed by atoms with Gasteiger partial charge in [-0.1, -0.05) is 25.5 Å². The molecule has 2 rings (SSSR count). The molecule has 0 spiro atoms. The number of carbonyl (C=O) groups is 1. The summed E-state index contributed by atoms with van der Waals surface area (Å²) in [5.74, 6) is 1.05. The summed E-state index contributed by atoms with van der Waals surface area (Å²) < 4.78 is 10.5. The van der Waals surface area contributed by atoms with Crippen LogP contribution in [-0.2, 0) is 9.53 Å². The highest BCUT2D eigenvalue weighted by molar-refractivity contribution is 5.86.